The van der Waals surface area contributed by atoms with Crippen LogP contribution in [0.2, 0.25) is 0 Å². The second-order valence-electron chi connectivity index (χ2n) is 5.08. The maximum absolute atomic E-state index is 6.01. The summed E-state index contributed by atoms with van der Waals surface area (Å²) in [4.78, 5) is 0. The minimum atomic E-state index is -0.195. The average Bonchev–Trinajstić information content (AvgIpc) is 2.30. The third-order valence-corrected chi connectivity index (χ3v) is 3.21. The molecule has 0 saturated carbocycles. The highest BCUT2D eigenvalue weighted by Crippen LogP contribution is 2.37. The van der Waals surface area contributed by atoms with Crippen molar-refractivity contribution in [1.29, 1.82) is 0 Å². The summed E-state index contributed by atoms with van der Waals surface area (Å²) in [6, 6.07) is 10.1. The largest absolute Gasteiger partial charge is 0.348 e. The number of hydrogen-bond acceptors (Lipinski definition) is 2. The highest BCUT2D eigenvalue weighted by atomic mass is 16.7. The van der Waals surface area contributed by atoms with Crippen molar-refractivity contribution in [2.75, 3.05) is 6.61 Å². The quantitative estimate of drug-likeness (QED) is 0.759. The van der Waals surface area contributed by atoms with E-state index in [-0.39, 0.29) is 17.8 Å². The van der Waals surface area contributed by atoms with Gasteiger partial charge < -0.3 is 9.47 Å². The molecule has 1 heterocycles. The summed E-state index contributed by atoms with van der Waals surface area (Å²) in [5, 5.41) is 0. The van der Waals surface area contributed by atoms with E-state index in [1.807, 2.05) is 18.2 Å². The van der Waals surface area contributed by atoms with Crippen LogP contribution in [0.5, 0.6) is 0 Å². The van der Waals surface area contributed by atoms with Crippen molar-refractivity contribution in [2.24, 2.45) is 5.41 Å². The molecular formula is C14H20O2. The van der Waals surface area contributed by atoms with Gasteiger partial charge in [-0.2, -0.15) is 0 Å². The SMILES string of the molecule is CCC1OC(c2ccccc2)OCC1(C)C. The Morgan fingerprint density at radius 3 is 2.56 bits per heavy atom. The fourth-order valence-corrected chi connectivity index (χ4v) is 2.19. The third-order valence-electron chi connectivity index (χ3n) is 3.21. The van der Waals surface area contributed by atoms with E-state index in [4.69, 9.17) is 9.47 Å². The first kappa shape index (κ1) is 11.6. The molecule has 2 unspecified atom stereocenters. The summed E-state index contributed by atoms with van der Waals surface area (Å²) in [5.41, 5.74) is 1.22. The molecule has 16 heavy (non-hydrogen) atoms. The number of hydrogen-bond donors (Lipinski definition) is 0. The Labute approximate surface area is 97.6 Å². The van der Waals surface area contributed by atoms with Crippen LogP contribution >= 0.6 is 0 Å². The highest BCUT2D eigenvalue weighted by Gasteiger charge is 2.37. The summed E-state index contributed by atoms with van der Waals surface area (Å²) in [6.45, 7) is 7.32. The maximum atomic E-state index is 6.01. The van der Waals surface area contributed by atoms with Crippen LogP contribution in [0.15, 0.2) is 30.3 Å². The van der Waals surface area contributed by atoms with Gasteiger partial charge in [0.2, 0.25) is 0 Å². The monoisotopic (exact) mass is 220 g/mol. The highest BCUT2D eigenvalue weighted by molar-refractivity contribution is 5.16. The minimum Gasteiger partial charge on any atom is -0.348 e. The molecule has 0 bridgehead atoms. The topological polar surface area (TPSA) is 18.5 Å². The van der Waals surface area contributed by atoms with Gasteiger partial charge in [-0.05, 0) is 6.42 Å². The average molecular weight is 220 g/mol. The fraction of sp³-hybridized carbons (Fsp3) is 0.571. The summed E-state index contributed by atoms with van der Waals surface area (Å²) >= 11 is 0. The lowest BCUT2D eigenvalue weighted by Crippen LogP contribution is -2.42. The van der Waals surface area contributed by atoms with E-state index in [0.29, 0.717) is 0 Å². The Bertz CT molecular complexity index is 332. The minimum absolute atomic E-state index is 0.111. The fourth-order valence-electron chi connectivity index (χ4n) is 2.19. The van der Waals surface area contributed by atoms with Gasteiger partial charge in [-0.25, -0.2) is 0 Å². The summed E-state index contributed by atoms with van der Waals surface area (Å²) in [5.74, 6) is 0. The van der Waals surface area contributed by atoms with Crippen molar-refractivity contribution < 1.29 is 9.47 Å². The Balaban J connectivity index is 2.11. The van der Waals surface area contributed by atoms with E-state index in [1.54, 1.807) is 0 Å². The Hall–Kier alpha value is -0.860. The van der Waals surface area contributed by atoms with Gasteiger partial charge in [-0.1, -0.05) is 51.1 Å². The van der Waals surface area contributed by atoms with E-state index in [9.17, 15) is 0 Å². The van der Waals surface area contributed by atoms with Crippen molar-refractivity contribution in [2.45, 2.75) is 39.6 Å². The molecule has 2 nitrogen and oxygen atoms in total. The standard InChI is InChI=1S/C14H20O2/c1-4-12-14(2,3)10-15-13(16-12)11-8-6-5-7-9-11/h5-9,12-13H,4,10H2,1-3H3. The van der Waals surface area contributed by atoms with Crippen molar-refractivity contribution in [3.05, 3.63) is 35.9 Å². The van der Waals surface area contributed by atoms with Crippen LogP contribution in [-0.2, 0) is 9.47 Å². The summed E-state index contributed by atoms with van der Waals surface area (Å²) in [6.07, 6.45) is 1.10. The molecular weight excluding hydrogens is 200 g/mol. The molecule has 1 fully saturated rings. The van der Waals surface area contributed by atoms with Gasteiger partial charge in [0.05, 0.1) is 12.7 Å². The molecule has 0 aliphatic carbocycles. The predicted molar refractivity (Wildman–Crippen MR) is 64.1 cm³/mol. The molecule has 1 aromatic carbocycles. The molecule has 2 heteroatoms. The number of ether oxygens (including phenoxy) is 2. The molecule has 1 aromatic rings. The van der Waals surface area contributed by atoms with Gasteiger partial charge in [0.15, 0.2) is 6.29 Å². The van der Waals surface area contributed by atoms with Crippen LogP contribution in [0.25, 0.3) is 0 Å². The second-order valence-corrected chi connectivity index (χ2v) is 5.08. The van der Waals surface area contributed by atoms with E-state index >= 15 is 0 Å². The Kier molecular flexibility index (Phi) is 3.31. The molecule has 2 atom stereocenters. The van der Waals surface area contributed by atoms with Gasteiger partial charge >= 0.3 is 0 Å². The molecule has 0 N–H and O–H groups in total. The molecule has 1 aliphatic heterocycles. The molecule has 0 aromatic heterocycles. The Morgan fingerprint density at radius 1 is 1.25 bits per heavy atom. The lowest BCUT2D eigenvalue weighted by Gasteiger charge is -2.41. The predicted octanol–water partition coefficient (Wildman–Crippen LogP) is 3.54. The van der Waals surface area contributed by atoms with Gasteiger partial charge in [-0.3, -0.25) is 0 Å². The van der Waals surface area contributed by atoms with Crippen LogP contribution < -0.4 is 0 Å². The maximum Gasteiger partial charge on any atom is 0.184 e. The van der Waals surface area contributed by atoms with Crippen LogP contribution in [0.1, 0.15) is 39.0 Å². The van der Waals surface area contributed by atoms with E-state index < -0.39 is 0 Å². The zero-order chi connectivity index (χ0) is 11.6. The molecule has 1 saturated heterocycles. The molecule has 0 spiro atoms. The number of rotatable bonds is 2. The normalized spacial score (nSPS) is 28.9. The lowest BCUT2D eigenvalue weighted by atomic mass is 9.85. The van der Waals surface area contributed by atoms with Crippen LogP contribution in [0, 0.1) is 5.41 Å². The molecule has 2 rings (SSSR count). The summed E-state index contributed by atoms with van der Waals surface area (Å²) in [7, 11) is 0. The number of benzene rings is 1. The van der Waals surface area contributed by atoms with Crippen molar-refractivity contribution in [3.63, 3.8) is 0 Å². The van der Waals surface area contributed by atoms with E-state index in [0.717, 1.165) is 18.6 Å². The third kappa shape index (κ3) is 2.28. The molecule has 0 radical (unpaired) electrons. The Morgan fingerprint density at radius 2 is 1.94 bits per heavy atom. The van der Waals surface area contributed by atoms with E-state index in [2.05, 4.69) is 32.9 Å². The molecule has 1 aliphatic rings. The first-order valence-electron chi connectivity index (χ1n) is 5.95. The summed E-state index contributed by atoms with van der Waals surface area (Å²) < 4.78 is 11.8. The van der Waals surface area contributed by atoms with Crippen molar-refractivity contribution in [3.8, 4) is 0 Å². The zero-order valence-electron chi connectivity index (χ0n) is 10.3. The zero-order valence-corrected chi connectivity index (χ0v) is 10.3. The first-order valence-corrected chi connectivity index (χ1v) is 5.95. The first-order chi connectivity index (χ1) is 7.63. The van der Waals surface area contributed by atoms with Gasteiger partial charge in [0.25, 0.3) is 0 Å². The van der Waals surface area contributed by atoms with Gasteiger partial charge in [0, 0.05) is 11.0 Å². The van der Waals surface area contributed by atoms with Gasteiger partial charge in [0.1, 0.15) is 0 Å². The molecule has 0 amide bonds. The smallest absolute Gasteiger partial charge is 0.184 e. The van der Waals surface area contributed by atoms with Crippen LogP contribution in [0.4, 0.5) is 0 Å². The van der Waals surface area contributed by atoms with Crippen molar-refractivity contribution in [1.82, 2.24) is 0 Å². The van der Waals surface area contributed by atoms with Crippen LogP contribution in [0.3, 0.4) is 0 Å². The molecule has 88 valence electrons. The van der Waals surface area contributed by atoms with Crippen molar-refractivity contribution >= 4 is 0 Å². The van der Waals surface area contributed by atoms with Crippen LogP contribution in [-0.4, -0.2) is 12.7 Å². The second kappa shape index (κ2) is 4.56. The van der Waals surface area contributed by atoms with Gasteiger partial charge in [-0.15, -0.1) is 0 Å². The van der Waals surface area contributed by atoms with E-state index in [1.165, 1.54) is 0 Å². The lowest BCUT2D eigenvalue weighted by molar-refractivity contribution is -0.264.